The van der Waals surface area contributed by atoms with E-state index < -0.39 is 0 Å². The van der Waals surface area contributed by atoms with Gasteiger partial charge in [0.2, 0.25) is 0 Å². The van der Waals surface area contributed by atoms with Gasteiger partial charge in [-0.3, -0.25) is 4.90 Å². The van der Waals surface area contributed by atoms with E-state index in [9.17, 15) is 0 Å². The maximum atomic E-state index is 5.82. The Morgan fingerprint density at radius 2 is 2.08 bits per heavy atom. The predicted octanol–water partition coefficient (Wildman–Crippen LogP) is 0.114. The summed E-state index contributed by atoms with van der Waals surface area (Å²) in [6.45, 7) is 6.76. The van der Waals surface area contributed by atoms with Gasteiger partial charge in [-0.15, -0.1) is 0 Å². The quantitative estimate of drug-likeness (QED) is 0.660. The second-order valence-electron chi connectivity index (χ2n) is 4.70. The minimum atomic E-state index is 0.412. The Bertz CT molecular complexity index is 189. The van der Waals surface area contributed by atoms with Crippen molar-refractivity contribution in [2.75, 3.05) is 33.2 Å². The van der Waals surface area contributed by atoms with Gasteiger partial charge in [0.15, 0.2) is 0 Å². The van der Waals surface area contributed by atoms with Crippen molar-refractivity contribution < 1.29 is 0 Å². The molecule has 0 aromatic carbocycles. The van der Waals surface area contributed by atoms with Crippen molar-refractivity contribution in [2.24, 2.45) is 5.73 Å². The fraction of sp³-hybridized carbons (Fsp3) is 1.00. The lowest BCUT2D eigenvalue weighted by Crippen LogP contribution is -2.56. The van der Waals surface area contributed by atoms with E-state index in [0.29, 0.717) is 11.6 Å². The van der Waals surface area contributed by atoms with Crippen LogP contribution in [-0.4, -0.2) is 54.6 Å². The Hall–Kier alpha value is -0.120. The van der Waals surface area contributed by atoms with E-state index in [1.54, 1.807) is 0 Å². The van der Waals surface area contributed by atoms with Crippen molar-refractivity contribution in [1.29, 1.82) is 0 Å². The SMILES string of the molecule is CC1CN(C2(CN)CC2)CCN1C. The molecule has 2 rings (SSSR count). The zero-order valence-corrected chi connectivity index (χ0v) is 8.79. The highest BCUT2D eigenvalue weighted by atomic mass is 15.3. The highest BCUT2D eigenvalue weighted by molar-refractivity contribution is 5.06. The molecule has 3 nitrogen and oxygen atoms in total. The molecule has 76 valence electrons. The fourth-order valence-electron chi connectivity index (χ4n) is 2.27. The number of hydrogen-bond donors (Lipinski definition) is 1. The molecule has 13 heavy (non-hydrogen) atoms. The second kappa shape index (κ2) is 3.23. The standard InChI is InChI=1S/C10H21N3/c1-9-7-13(6-5-12(9)2)10(8-11)3-4-10/h9H,3-8,11H2,1-2H3. The summed E-state index contributed by atoms with van der Waals surface area (Å²) in [4.78, 5) is 5.04. The Kier molecular flexibility index (Phi) is 2.34. The summed E-state index contributed by atoms with van der Waals surface area (Å²) >= 11 is 0. The number of rotatable bonds is 2. The van der Waals surface area contributed by atoms with Crippen LogP contribution in [0.2, 0.25) is 0 Å². The van der Waals surface area contributed by atoms with E-state index in [2.05, 4.69) is 23.8 Å². The molecule has 1 saturated carbocycles. The summed E-state index contributed by atoms with van der Waals surface area (Å²) in [7, 11) is 2.21. The molecule has 1 unspecified atom stereocenters. The summed E-state index contributed by atoms with van der Waals surface area (Å²) in [5.74, 6) is 0. The van der Waals surface area contributed by atoms with Gasteiger partial charge in [-0.1, -0.05) is 0 Å². The molecule has 2 aliphatic rings. The van der Waals surface area contributed by atoms with Crippen molar-refractivity contribution in [1.82, 2.24) is 9.80 Å². The highest BCUT2D eigenvalue weighted by Crippen LogP contribution is 2.41. The first kappa shape index (κ1) is 9.44. The molecule has 2 fully saturated rings. The zero-order chi connectivity index (χ0) is 9.47. The van der Waals surface area contributed by atoms with Crippen LogP contribution in [0.4, 0.5) is 0 Å². The number of piperazine rings is 1. The summed E-state index contributed by atoms with van der Waals surface area (Å²) < 4.78 is 0. The summed E-state index contributed by atoms with van der Waals surface area (Å²) in [6, 6.07) is 0.692. The molecule has 0 bridgehead atoms. The Labute approximate surface area is 80.9 Å². The molecule has 1 atom stereocenters. The largest absolute Gasteiger partial charge is 0.329 e. The second-order valence-corrected chi connectivity index (χ2v) is 4.70. The van der Waals surface area contributed by atoms with Crippen LogP contribution < -0.4 is 5.73 Å². The van der Waals surface area contributed by atoms with Crippen LogP contribution in [0.3, 0.4) is 0 Å². The molecule has 0 radical (unpaired) electrons. The fourth-order valence-corrected chi connectivity index (χ4v) is 2.27. The van der Waals surface area contributed by atoms with Crippen LogP contribution in [0.15, 0.2) is 0 Å². The Morgan fingerprint density at radius 3 is 2.54 bits per heavy atom. The van der Waals surface area contributed by atoms with Gasteiger partial charge in [-0.25, -0.2) is 0 Å². The maximum Gasteiger partial charge on any atom is 0.0334 e. The molecule has 3 heteroatoms. The van der Waals surface area contributed by atoms with Gasteiger partial charge in [0.25, 0.3) is 0 Å². The number of nitrogens with zero attached hydrogens (tertiary/aromatic N) is 2. The van der Waals surface area contributed by atoms with Crippen molar-refractivity contribution in [3.8, 4) is 0 Å². The number of likely N-dealkylation sites (N-methyl/N-ethyl adjacent to an activating group) is 1. The van der Waals surface area contributed by atoms with Crippen LogP contribution in [0.5, 0.6) is 0 Å². The van der Waals surface area contributed by atoms with E-state index in [4.69, 9.17) is 5.73 Å². The van der Waals surface area contributed by atoms with E-state index in [1.165, 1.54) is 32.5 Å². The van der Waals surface area contributed by atoms with Crippen molar-refractivity contribution in [3.63, 3.8) is 0 Å². The van der Waals surface area contributed by atoms with Gasteiger partial charge in [0, 0.05) is 37.8 Å². The average Bonchev–Trinajstić information content (AvgIpc) is 2.90. The molecule has 0 aromatic rings. The first-order valence-corrected chi connectivity index (χ1v) is 5.33. The third-order valence-electron chi connectivity index (χ3n) is 3.84. The Balaban J connectivity index is 1.95. The first-order valence-electron chi connectivity index (χ1n) is 5.33. The van der Waals surface area contributed by atoms with E-state index in [1.807, 2.05) is 0 Å². The van der Waals surface area contributed by atoms with Crippen LogP contribution >= 0.6 is 0 Å². The lowest BCUT2D eigenvalue weighted by Gasteiger charge is -2.42. The molecule has 2 N–H and O–H groups in total. The zero-order valence-electron chi connectivity index (χ0n) is 8.79. The highest BCUT2D eigenvalue weighted by Gasteiger charge is 2.47. The molecular weight excluding hydrogens is 162 g/mol. The van der Waals surface area contributed by atoms with Crippen molar-refractivity contribution in [2.45, 2.75) is 31.3 Å². The lowest BCUT2D eigenvalue weighted by molar-refractivity contribution is 0.0646. The van der Waals surface area contributed by atoms with E-state index in [0.717, 1.165) is 6.54 Å². The summed E-state index contributed by atoms with van der Waals surface area (Å²) in [5, 5.41) is 0. The Morgan fingerprint density at radius 1 is 1.38 bits per heavy atom. The van der Waals surface area contributed by atoms with E-state index in [-0.39, 0.29) is 0 Å². The van der Waals surface area contributed by atoms with Crippen molar-refractivity contribution >= 4 is 0 Å². The molecular formula is C10H21N3. The van der Waals surface area contributed by atoms with Crippen LogP contribution in [0, 0.1) is 0 Å². The average molecular weight is 183 g/mol. The van der Waals surface area contributed by atoms with E-state index >= 15 is 0 Å². The molecule has 1 aliphatic heterocycles. The van der Waals surface area contributed by atoms with Crippen molar-refractivity contribution in [3.05, 3.63) is 0 Å². The minimum absolute atomic E-state index is 0.412. The minimum Gasteiger partial charge on any atom is -0.329 e. The lowest BCUT2D eigenvalue weighted by atomic mass is 10.1. The van der Waals surface area contributed by atoms with Gasteiger partial charge >= 0.3 is 0 Å². The first-order chi connectivity index (χ1) is 6.18. The molecule has 1 heterocycles. The normalized spacial score (nSPS) is 34.8. The molecule has 1 aliphatic carbocycles. The summed E-state index contributed by atoms with van der Waals surface area (Å²) in [6.07, 6.45) is 2.64. The van der Waals surface area contributed by atoms with Gasteiger partial charge < -0.3 is 10.6 Å². The maximum absolute atomic E-state index is 5.82. The third-order valence-corrected chi connectivity index (χ3v) is 3.84. The topological polar surface area (TPSA) is 32.5 Å². The number of nitrogens with two attached hydrogens (primary N) is 1. The third kappa shape index (κ3) is 1.60. The smallest absolute Gasteiger partial charge is 0.0334 e. The monoisotopic (exact) mass is 183 g/mol. The van der Waals surface area contributed by atoms with Crippen LogP contribution in [0.25, 0.3) is 0 Å². The van der Waals surface area contributed by atoms with Gasteiger partial charge in [-0.2, -0.15) is 0 Å². The van der Waals surface area contributed by atoms with Gasteiger partial charge in [0.1, 0.15) is 0 Å². The molecule has 0 amide bonds. The number of hydrogen-bond acceptors (Lipinski definition) is 3. The van der Waals surface area contributed by atoms with Gasteiger partial charge in [0.05, 0.1) is 0 Å². The predicted molar refractivity (Wildman–Crippen MR) is 54.7 cm³/mol. The summed E-state index contributed by atoms with van der Waals surface area (Å²) in [5.41, 5.74) is 6.24. The van der Waals surface area contributed by atoms with Crippen LogP contribution in [0.1, 0.15) is 19.8 Å². The molecule has 1 saturated heterocycles. The van der Waals surface area contributed by atoms with Gasteiger partial charge in [-0.05, 0) is 26.8 Å². The van der Waals surface area contributed by atoms with Crippen LogP contribution in [-0.2, 0) is 0 Å². The molecule has 0 aromatic heterocycles. The molecule has 0 spiro atoms.